The molecule has 3 rings (SSSR count). The highest BCUT2D eigenvalue weighted by molar-refractivity contribution is 5.51. The number of hydrogen-bond acceptors (Lipinski definition) is 3. The fourth-order valence-electron chi connectivity index (χ4n) is 3.35. The summed E-state index contributed by atoms with van der Waals surface area (Å²) < 4.78 is 93.1. The van der Waals surface area contributed by atoms with Crippen LogP contribution in [0.2, 0.25) is 0 Å². The van der Waals surface area contributed by atoms with Gasteiger partial charge in [0.15, 0.2) is 0 Å². The van der Waals surface area contributed by atoms with Crippen LogP contribution in [0.5, 0.6) is 0 Å². The Morgan fingerprint density at radius 1 is 1.00 bits per heavy atom. The summed E-state index contributed by atoms with van der Waals surface area (Å²) in [7, 11) is 0. The van der Waals surface area contributed by atoms with Crippen molar-refractivity contribution in [2.75, 3.05) is 11.9 Å². The molecule has 0 radical (unpaired) electrons. The molecule has 2 aromatic carbocycles. The van der Waals surface area contributed by atoms with Crippen molar-refractivity contribution < 1.29 is 35.8 Å². The Hall–Kier alpha value is -2.33. The zero-order chi connectivity index (χ0) is 21.6. The highest BCUT2D eigenvalue weighted by Crippen LogP contribution is 2.42. The molecule has 2 atom stereocenters. The Morgan fingerprint density at radius 2 is 1.66 bits per heavy atom. The first-order valence-electron chi connectivity index (χ1n) is 8.61. The first-order chi connectivity index (χ1) is 13.3. The third-order valence-corrected chi connectivity index (χ3v) is 4.99. The van der Waals surface area contributed by atoms with Crippen molar-refractivity contribution in [3.63, 3.8) is 0 Å². The molecule has 0 fully saturated rings. The maximum atomic E-state index is 13.6. The number of aryl methyl sites for hydroxylation is 1. The summed E-state index contributed by atoms with van der Waals surface area (Å²) >= 11 is 0. The van der Waals surface area contributed by atoms with Crippen LogP contribution in [-0.4, -0.2) is 17.8 Å². The summed E-state index contributed by atoms with van der Waals surface area (Å²) in [5.74, 6) is -1.54. The van der Waals surface area contributed by atoms with E-state index in [2.05, 4.69) is 5.32 Å². The van der Waals surface area contributed by atoms with Gasteiger partial charge in [0.2, 0.25) is 5.60 Å². The molecule has 0 bridgehead atoms. The first-order valence-corrected chi connectivity index (χ1v) is 8.61. The number of anilines is 1. The average molecular weight is 422 g/mol. The fraction of sp³-hybridized carbons (Fsp3) is 0.368. The number of alkyl halides is 6. The Bertz CT molecular complexity index is 910. The number of hydrogen-bond donors (Lipinski definition) is 3. The lowest BCUT2D eigenvalue weighted by Gasteiger charge is -2.32. The Labute approximate surface area is 161 Å². The van der Waals surface area contributed by atoms with Gasteiger partial charge in [-0.05, 0) is 59.9 Å². The Balaban J connectivity index is 1.94. The van der Waals surface area contributed by atoms with Crippen LogP contribution < -0.4 is 11.1 Å². The van der Waals surface area contributed by atoms with Gasteiger partial charge in [0.25, 0.3) is 0 Å². The fourth-order valence-corrected chi connectivity index (χ4v) is 3.35. The molecule has 0 aromatic heterocycles. The molecular weight excluding hydrogens is 405 g/mol. The zero-order valence-corrected chi connectivity index (χ0v) is 14.8. The zero-order valence-electron chi connectivity index (χ0n) is 14.8. The van der Waals surface area contributed by atoms with E-state index < -0.39 is 41.4 Å². The molecule has 158 valence electrons. The van der Waals surface area contributed by atoms with Gasteiger partial charge >= 0.3 is 12.4 Å². The van der Waals surface area contributed by atoms with E-state index in [9.17, 15) is 35.8 Å². The second-order valence-corrected chi connectivity index (χ2v) is 7.00. The smallest absolute Gasteiger partial charge is 0.381 e. The molecule has 10 heteroatoms. The van der Waals surface area contributed by atoms with Gasteiger partial charge in [0.1, 0.15) is 5.82 Å². The standard InChI is InChI=1S/C19H17F7N2O/c20-13-7-11(6-12(8-13)18(21,22)23)17(29,19(24,25)26)9-28-14-2-3-15-10(5-14)1-4-16(15)27/h2-3,5-8,16,28-29H,1,4,9,27H2/t16-,17+/m1/s1. The van der Waals surface area contributed by atoms with E-state index in [-0.39, 0.29) is 29.9 Å². The van der Waals surface area contributed by atoms with Crippen LogP contribution in [0.25, 0.3) is 0 Å². The van der Waals surface area contributed by atoms with Crippen LogP contribution in [0.1, 0.15) is 34.7 Å². The molecule has 1 aliphatic carbocycles. The molecule has 0 unspecified atom stereocenters. The van der Waals surface area contributed by atoms with Crippen molar-refractivity contribution in [2.45, 2.75) is 36.8 Å². The molecule has 0 heterocycles. The van der Waals surface area contributed by atoms with Crippen molar-refractivity contribution in [1.29, 1.82) is 0 Å². The van der Waals surface area contributed by atoms with Crippen LogP contribution >= 0.6 is 0 Å². The van der Waals surface area contributed by atoms with Crippen molar-refractivity contribution in [3.05, 3.63) is 64.5 Å². The first kappa shape index (κ1) is 21.4. The van der Waals surface area contributed by atoms with E-state index in [1.807, 2.05) is 0 Å². The van der Waals surface area contributed by atoms with Crippen LogP contribution in [0.3, 0.4) is 0 Å². The number of rotatable bonds is 4. The number of nitrogens with two attached hydrogens (primary N) is 1. The maximum Gasteiger partial charge on any atom is 0.423 e. The van der Waals surface area contributed by atoms with Gasteiger partial charge in [-0.25, -0.2) is 4.39 Å². The SMILES string of the molecule is N[C@@H]1CCc2cc(NC[C@](O)(c3cc(F)cc(C(F)(F)F)c3)C(F)(F)F)ccc21. The predicted octanol–water partition coefficient (Wildman–Crippen LogP) is 4.65. The van der Waals surface area contributed by atoms with Gasteiger partial charge in [-0.3, -0.25) is 0 Å². The largest absolute Gasteiger partial charge is 0.423 e. The monoisotopic (exact) mass is 422 g/mol. The lowest BCUT2D eigenvalue weighted by molar-refractivity contribution is -0.260. The second-order valence-electron chi connectivity index (χ2n) is 7.00. The molecule has 3 nitrogen and oxygen atoms in total. The lowest BCUT2D eigenvalue weighted by Crippen LogP contribution is -2.48. The molecule has 0 spiro atoms. The number of benzene rings is 2. The van der Waals surface area contributed by atoms with Crippen molar-refractivity contribution in [1.82, 2.24) is 0 Å². The minimum atomic E-state index is -5.37. The van der Waals surface area contributed by atoms with Crippen LogP contribution in [0.4, 0.5) is 36.4 Å². The molecule has 29 heavy (non-hydrogen) atoms. The van der Waals surface area contributed by atoms with Gasteiger partial charge in [-0.2, -0.15) is 26.3 Å². The van der Waals surface area contributed by atoms with E-state index in [1.165, 1.54) is 6.07 Å². The number of fused-ring (bicyclic) bond motifs is 1. The minimum Gasteiger partial charge on any atom is -0.381 e. The Morgan fingerprint density at radius 3 is 2.28 bits per heavy atom. The molecule has 0 saturated carbocycles. The lowest BCUT2D eigenvalue weighted by atomic mass is 9.91. The van der Waals surface area contributed by atoms with Gasteiger partial charge in [0, 0.05) is 11.7 Å². The molecule has 0 saturated heterocycles. The number of halogens is 7. The van der Waals surface area contributed by atoms with E-state index in [0.717, 1.165) is 11.1 Å². The number of aliphatic hydroxyl groups is 1. The van der Waals surface area contributed by atoms with E-state index in [4.69, 9.17) is 5.73 Å². The van der Waals surface area contributed by atoms with Crippen LogP contribution in [0, 0.1) is 5.82 Å². The van der Waals surface area contributed by atoms with Gasteiger partial charge in [-0.1, -0.05) is 6.07 Å². The molecule has 1 aliphatic rings. The molecule has 2 aromatic rings. The van der Waals surface area contributed by atoms with E-state index in [1.54, 1.807) is 12.1 Å². The highest BCUT2D eigenvalue weighted by Gasteiger charge is 2.55. The third-order valence-electron chi connectivity index (χ3n) is 4.99. The summed E-state index contributed by atoms with van der Waals surface area (Å²) in [6.45, 7) is -1.21. The molecule has 0 aliphatic heterocycles. The van der Waals surface area contributed by atoms with E-state index in [0.29, 0.717) is 12.8 Å². The van der Waals surface area contributed by atoms with Gasteiger partial charge in [0.05, 0.1) is 12.1 Å². The van der Waals surface area contributed by atoms with Gasteiger partial charge < -0.3 is 16.2 Å². The van der Waals surface area contributed by atoms with Crippen LogP contribution in [0.15, 0.2) is 36.4 Å². The topological polar surface area (TPSA) is 58.3 Å². The summed E-state index contributed by atoms with van der Waals surface area (Å²) in [4.78, 5) is 0. The maximum absolute atomic E-state index is 13.6. The Kier molecular flexibility index (Phi) is 5.29. The van der Waals surface area contributed by atoms with Crippen molar-refractivity contribution in [3.8, 4) is 0 Å². The summed E-state index contributed by atoms with van der Waals surface area (Å²) in [5, 5.41) is 12.7. The molecule has 4 N–H and O–H groups in total. The summed E-state index contributed by atoms with van der Waals surface area (Å²) in [6, 6.07) is 4.92. The average Bonchev–Trinajstić information content (AvgIpc) is 2.98. The van der Waals surface area contributed by atoms with Crippen LogP contribution in [-0.2, 0) is 18.2 Å². The van der Waals surface area contributed by atoms with Crippen molar-refractivity contribution in [2.24, 2.45) is 5.73 Å². The highest BCUT2D eigenvalue weighted by atomic mass is 19.4. The second kappa shape index (κ2) is 7.17. The third kappa shape index (κ3) is 4.18. The predicted molar refractivity (Wildman–Crippen MR) is 91.5 cm³/mol. The van der Waals surface area contributed by atoms with Gasteiger partial charge in [-0.15, -0.1) is 0 Å². The summed E-state index contributed by atoms with van der Waals surface area (Å²) in [6.07, 6.45) is -9.12. The minimum absolute atomic E-state index is 0.0669. The number of nitrogens with one attached hydrogen (secondary N) is 1. The van der Waals surface area contributed by atoms with E-state index >= 15 is 0 Å². The normalized spacial score (nSPS) is 19.0. The quantitative estimate of drug-likeness (QED) is 0.629. The summed E-state index contributed by atoms with van der Waals surface area (Å²) in [5.41, 5.74) is 1.22. The molecule has 0 amide bonds. The molecular formula is C19H17F7N2O. The van der Waals surface area contributed by atoms with Crippen molar-refractivity contribution >= 4 is 5.69 Å².